The number of carboxylic acids is 1. The van der Waals surface area contributed by atoms with Gasteiger partial charge in [0.1, 0.15) is 0 Å². The lowest BCUT2D eigenvalue weighted by Gasteiger charge is -2.25. The Kier molecular flexibility index (Phi) is 6.42. The molecule has 0 amide bonds. The summed E-state index contributed by atoms with van der Waals surface area (Å²) in [5.41, 5.74) is 0.898. The summed E-state index contributed by atoms with van der Waals surface area (Å²) in [4.78, 5) is 10.4. The van der Waals surface area contributed by atoms with E-state index >= 15 is 0 Å². The molecule has 1 aromatic carbocycles. The van der Waals surface area contributed by atoms with Crippen molar-refractivity contribution in [1.82, 2.24) is 0 Å². The quantitative estimate of drug-likeness (QED) is 0.546. The molecule has 0 spiro atoms. The van der Waals surface area contributed by atoms with Gasteiger partial charge in [0.25, 0.3) is 0 Å². The molecule has 4 nitrogen and oxygen atoms in total. The Morgan fingerprint density at radius 2 is 1.92 bits per heavy atom. The average Bonchev–Trinajstić information content (AvgIpc) is 3.24. The second kappa shape index (κ2) is 8.97. The summed E-state index contributed by atoms with van der Waals surface area (Å²) in [6.07, 6.45) is 14.6. The largest absolute Gasteiger partial charge is 0.478 e. The molecule has 2 heterocycles. The predicted octanol–water partition coefficient (Wildman–Crippen LogP) is 4.05. The zero-order valence-electron chi connectivity index (χ0n) is 14.8. The van der Waals surface area contributed by atoms with Gasteiger partial charge in [-0.05, 0) is 37.2 Å². The minimum atomic E-state index is -0.915. The van der Waals surface area contributed by atoms with E-state index in [1.807, 2.05) is 42.5 Å². The number of aliphatic hydroxyl groups is 1. The maximum atomic E-state index is 10.4. The number of hydrogen-bond acceptors (Lipinski definition) is 3. The molecule has 1 unspecified atom stereocenters. The van der Waals surface area contributed by atoms with Gasteiger partial charge in [-0.25, -0.2) is 4.79 Å². The number of fused-ring (bicyclic) bond motifs is 2. The standard InChI is InChI=1S/C22H26O4/c23-19(16-8-4-3-5-9-16)13-12-18-17(20-14-15-21(18)26-20)10-6-1-2-7-11-22(24)25/h1,3-9,11-13,17-21,23H,2,10,14-15H2,(H,24,25)/b6-1-,11-7+,13-12+/t17-,18+,19?,20-,21+/m0/s1. The zero-order chi connectivity index (χ0) is 18.4. The predicted molar refractivity (Wildman–Crippen MR) is 101 cm³/mol. The van der Waals surface area contributed by atoms with Crippen LogP contribution in [-0.2, 0) is 9.53 Å². The fraction of sp³-hybridized carbons (Fsp3) is 0.409. The van der Waals surface area contributed by atoms with E-state index in [9.17, 15) is 9.90 Å². The second-order valence-corrected chi connectivity index (χ2v) is 6.96. The molecule has 1 aromatic rings. The highest BCUT2D eigenvalue weighted by Gasteiger charge is 2.46. The van der Waals surface area contributed by atoms with E-state index in [4.69, 9.17) is 9.84 Å². The molecule has 0 aromatic heterocycles. The summed E-state index contributed by atoms with van der Waals surface area (Å²) in [6, 6.07) is 9.66. The maximum Gasteiger partial charge on any atom is 0.327 e. The van der Waals surface area contributed by atoms with Crippen LogP contribution in [-0.4, -0.2) is 28.4 Å². The molecule has 0 saturated carbocycles. The summed E-state index contributed by atoms with van der Waals surface area (Å²) >= 11 is 0. The van der Waals surface area contributed by atoms with Gasteiger partial charge in [-0.3, -0.25) is 0 Å². The van der Waals surface area contributed by atoms with Crippen molar-refractivity contribution < 1.29 is 19.7 Å². The highest BCUT2D eigenvalue weighted by molar-refractivity contribution is 5.79. The van der Waals surface area contributed by atoms with Gasteiger partial charge in [0.05, 0.1) is 18.3 Å². The third kappa shape index (κ3) is 4.71. The summed E-state index contributed by atoms with van der Waals surface area (Å²) in [6.45, 7) is 0. The number of hydrogen-bond donors (Lipinski definition) is 2. The number of allylic oxidation sites excluding steroid dienone is 3. The molecule has 26 heavy (non-hydrogen) atoms. The fourth-order valence-corrected chi connectivity index (χ4v) is 3.98. The van der Waals surface area contributed by atoms with Crippen molar-refractivity contribution in [2.45, 2.75) is 44.0 Å². The monoisotopic (exact) mass is 354 g/mol. The molecule has 2 N–H and O–H groups in total. The topological polar surface area (TPSA) is 66.8 Å². The van der Waals surface area contributed by atoms with E-state index in [2.05, 4.69) is 12.2 Å². The van der Waals surface area contributed by atoms with Crippen molar-refractivity contribution in [3.05, 3.63) is 72.4 Å². The summed E-state index contributed by atoms with van der Waals surface area (Å²) < 4.78 is 6.09. The van der Waals surface area contributed by atoms with Crippen molar-refractivity contribution in [1.29, 1.82) is 0 Å². The summed E-state index contributed by atoms with van der Waals surface area (Å²) in [5.74, 6) is -0.166. The van der Waals surface area contributed by atoms with Crippen LogP contribution in [0.1, 0.15) is 37.4 Å². The Morgan fingerprint density at radius 3 is 2.69 bits per heavy atom. The SMILES string of the molecule is O=C(O)/C=C/C/C=C\C[C@H]1[C@@H](/C=C/C(O)c2ccccc2)[C@H]2CC[C@@H]1O2. The lowest BCUT2D eigenvalue weighted by atomic mass is 9.77. The minimum Gasteiger partial charge on any atom is -0.478 e. The van der Waals surface area contributed by atoms with Crippen LogP contribution >= 0.6 is 0 Å². The maximum absolute atomic E-state index is 10.4. The molecule has 2 fully saturated rings. The van der Waals surface area contributed by atoms with Gasteiger partial charge < -0.3 is 14.9 Å². The minimum absolute atomic E-state index is 0.254. The zero-order valence-corrected chi connectivity index (χ0v) is 14.8. The Bertz CT molecular complexity index is 677. The number of carboxylic acid groups (broad SMARTS) is 1. The van der Waals surface area contributed by atoms with Crippen LogP contribution < -0.4 is 0 Å². The van der Waals surface area contributed by atoms with Gasteiger partial charge in [-0.2, -0.15) is 0 Å². The van der Waals surface area contributed by atoms with E-state index in [1.165, 1.54) is 6.08 Å². The van der Waals surface area contributed by atoms with E-state index in [1.54, 1.807) is 6.08 Å². The number of aliphatic carboxylic acids is 1. The molecular formula is C22H26O4. The number of ether oxygens (including phenoxy) is 1. The lowest BCUT2D eigenvalue weighted by molar-refractivity contribution is -0.131. The van der Waals surface area contributed by atoms with Gasteiger partial charge >= 0.3 is 5.97 Å². The molecule has 2 aliphatic rings. The first-order chi connectivity index (χ1) is 12.6. The van der Waals surface area contributed by atoms with Gasteiger partial charge in [0.2, 0.25) is 0 Å². The highest BCUT2D eigenvalue weighted by Crippen LogP contribution is 2.46. The number of rotatable bonds is 8. The molecule has 0 aliphatic carbocycles. The van der Waals surface area contributed by atoms with Gasteiger partial charge in [0.15, 0.2) is 0 Å². The molecule has 5 atom stereocenters. The molecule has 2 aliphatic heterocycles. The van der Waals surface area contributed by atoms with Crippen LogP contribution in [0, 0.1) is 11.8 Å². The van der Waals surface area contributed by atoms with Crippen molar-refractivity contribution in [2.75, 3.05) is 0 Å². The van der Waals surface area contributed by atoms with Gasteiger partial charge in [-0.15, -0.1) is 0 Å². The Balaban J connectivity index is 1.57. The first-order valence-corrected chi connectivity index (χ1v) is 9.26. The molecule has 2 bridgehead atoms. The number of carbonyl (C=O) groups is 1. The third-order valence-corrected chi connectivity index (χ3v) is 5.25. The van der Waals surface area contributed by atoms with E-state index in [0.29, 0.717) is 24.4 Å². The van der Waals surface area contributed by atoms with Crippen molar-refractivity contribution in [3.63, 3.8) is 0 Å². The summed E-state index contributed by atoms with van der Waals surface area (Å²) in [5, 5.41) is 18.9. The lowest BCUT2D eigenvalue weighted by Crippen LogP contribution is -2.25. The van der Waals surface area contributed by atoms with Crippen LogP contribution in [0.2, 0.25) is 0 Å². The first kappa shape index (κ1) is 18.6. The van der Waals surface area contributed by atoms with E-state index in [-0.39, 0.29) is 6.10 Å². The average molecular weight is 354 g/mol. The van der Waals surface area contributed by atoms with Gasteiger partial charge in [-0.1, -0.05) is 60.7 Å². The van der Waals surface area contributed by atoms with E-state index in [0.717, 1.165) is 24.8 Å². The Labute approximate surface area is 154 Å². The van der Waals surface area contributed by atoms with Crippen LogP contribution in [0.4, 0.5) is 0 Å². The van der Waals surface area contributed by atoms with Crippen LogP contribution in [0.5, 0.6) is 0 Å². The molecular weight excluding hydrogens is 328 g/mol. The number of aliphatic hydroxyl groups excluding tert-OH is 1. The number of benzene rings is 1. The molecule has 2 saturated heterocycles. The highest BCUT2D eigenvalue weighted by atomic mass is 16.5. The van der Waals surface area contributed by atoms with Crippen LogP contribution in [0.15, 0.2) is 66.8 Å². The van der Waals surface area contributed by atoms with Crippen molar-refractivity contribution in [2.24, 2.45) is 11.8 Å². The third-order valence-electron chi connectivity index (χ3n) is 5.25. The second-order valence-electron chi connectivity index (χ2n) is 6.96. The smallest absolute Gasteiger partial charge is 0.327 e. The molecule has 3 rings (SSSR count). The van der Waals surface area contributed by atoms with E-state index < -0.39 is 12.1 Å². The van der Waals surface area contributed by atoms with Crippen molar-refractivity contribution in [3.8, 4) is 0 Å². The van der Waals surface area contributed by atoms with Crippen LogP contribution in [0.3, 0.4) is 0 Å². The normalized spacial score (nSPS) is 29.3. The molecule has 138 valence electrons. The first-order valence-electron chi connectivity index (χ1n) is 9.26. The molecule has 4 heteroatoms. The fourth-order valence-electron chi connectivity index (χ4n) is 3.98. The van der Waals surface area contributed by atoms with Crippen LogP contribution in [0.25, 0.3) is 0 Å². The Hall–Kier alpha value is -2.17. The van der Waals surface area contributed by atoms with Crippen molar-refractivity contribution >= 4 is 5.97 Å². The molecule has 0 radical (unpaired) electrons. The van der Waals surface area contributed by atoms with Gasteiger partial charge in [0, 0.05) is 12.0 Å². The Morgan fingerprint density at radius 1 is 1.15 bits per heavy atom. The summed E-state index contributed by atoms with van der Waals surface area (Å²) in [7, 11) is 0.